The Morgan fingerprint density at radius 3 is 2.77 bits per heavy atom. The van der Waals surface area contributed by atoms with Crippen LogP contribution < -0.4 is 5.32 Å². The lowest BCUT2D eigenvalue weighted by molar-refractivity contribution is -0.137. The van der Waals surface area contributed by atoms with Crippen LogP contribution >= 0.6 is 11.8 Å². The predicted molar refractivity (Wildman–Crippen MR) is 111 cm³/mol. The monoisotopic (exact) mass is 474 g/mol. The molecule has 2 heterocycles. The number of thioether (sulfide) groups is 1. The van der Waals surface area contributed by atoms with Gasteiger partial charge in [-0.25, -0.2) is 13.4 Å². The van der Waals surface area contributed by atoms with Gasteiger partial charge < -0.3 is 10.1 Å². The minimum absolute atomic E-state index is 0.0605. The number of hydrogen-bond acceptors (Lipinski definition) is 6. The average molecular weight is 475 g/mol. The van der Waals surface area contributed by atoms with Gasteiger partial charge in [0.15, 0.2) is 9.84 Å². The van der Waals surface area contributed by atoms with Crippen LogP contribution in [0.4, 0.5) is 18.9 Å². The predicted octanol–water partition coefficient (Wildman–Crippen LogP) is 4.03. The zero-order valence-electron chi connectivity index (χ0n) is 16.4. The summed E-state index contributed by atoms with van der Waals surface area (Å²) < 4.78 is 68.9. The van der Waals surface area contributed by atoms with Crippen molar-refractivity contribution in [2.24, 2.45) is 5.92 Å². The number of hydrogen-bond donors (Lipinski definition) is 1. The molecule has 1 atom stereocenters. The first kappa shape index (κ1) is 23.6. The Hall–Kier alpha value is -2.11. The van der Waals surface area contributed by atoms with E-state index in [-0.39, 0.29) is 28.2 Å². The lowest BCUT2D eigenvalue weighted by Gasteiger charge is -2.21. The summed E-state index contributed by atoms with van der Waals surface area (Å²) in [5.41, 5.74) is -0.554. The maximum Gasteiger partial charge on any atom is 0.416 e. The summed E-state index contributed by atoms with van der Waals surface area (Å²) in [4.78, 5) is 16.2. The largest absolute Gasteiger partial charge is 0.416 e. The lowest BCUT2D eigenvalue weighted by atomic mass is 10.0. The van der Waals surface area contributed by atoms with Crippen LogP contribution in [-0.4, -0.2) is 44.0 Å². The van der Waals surface area contributed by atoms with Crippen LogP contribution in [0.2, 0.25) is 0 Å². The van der Waals surface area contributed by atoms with E-state index >= 15 is 0 Å². The van der Waals surface area contributed by atoms with E-state index in [4.69, 9.17) is 4.74 Å². The highest BCUT2D eigenvalue weighted by molar-refractivity contribution is 8.00. The number of halogens is 3. The van der Waals surface area contributed by atoms with Gasteiger partial charge in [0, 0.05) is 18.6 Å². The number of nitrogens with one attached hydrogen (secondary N) is 1. The van der Waals surface area contributed by atoms with Gasteiger partial charge in [0.1, 0.15) is 5.03 Å². The molecule has 2 aromatic rings. The fraction of sp³-hybridized carbons (Fsp3) is 0.400. The molecule has 1 aliphatic rings. The van der Waals surface area contributed by atoms with Gasteiger partial charge in [-0.1, -0.05) is 6.07 Å². The van der Waals surface area contributed by atoms with E-state index in [2.05, 4.69) is 10.3 Å². The number of ether oxygens (including phenoxy) is 1. The number of amides is 1. The third kappa shape index (κ3) is 6.44. The van der Waals surface area contributed by atoms with Gasteiger partial charge in [0.25, 0.3) is 0 Å². The molecule has 0 radical (unpaired) electrons. The van der Waals surface area contributed by atoms with E-state index in [0.717, 1.165) is 42.8 Å². The minimum Gasteiger partial charge on any atom is -0.381 e. The van der Waals surface area contributed by atoms with Gasteiger partial charge >= 0.3 is 6.18 Å². The van der Waals surface area contributed by atoms with Gasteiger partial charge in [-0.15, -0.1) is 11.8 Å². The molecule has 0 spiro atoms. The van der Waals surface area contributed by atoms with Crippen LogP contribution in [-0.2, 0) is 25.5 Å². The number of alkyl halides is 3. The number of aromatic nitrogens is 1. The first-order valence-corrected chi connectivity index (χ1v) is 12.2. The van der Waals surface area contributed by atoms with Crippen LogP contribution in [0.25, 0.3) is 0 Å². The Morgan fingerprint density at radius 2 is 2.06 bits per heavy atom. The topological polar surface area (TPSA) is 85.4 Å². The molecule has 0 aliphatic carbocycles. The SMILES string of the molecule is O=C(Nc1cccnc1SCCS(=O)(=O)c1cccc(C(F)(F)F)c1)C1CCCOC1. The molecule has 0 saturated carbocycles. The first-order chi connectivity index (χ1) is 14.7. The molecule has 1 aliphatic heterocycles. The fourth-order valence-electron chi connectivity index (χ4n) is 3.02. The van der Waals surface area contributed by atoms with Crippen LogP contribution in [0.1, 0.15) is 18.4 Å². The molecular formula is C20H21F3N2O4S2. The molecule has 0 bridgehead atoms. The third-order valence-electron chi connectivity index (χ3n) is 4.67. The van der Waals surface area contributed by atoms with Gasteiger partial charge in [-0.3, -0.25) is 4.79 Å². The molecule has 1 amide bonds. The third-order valence-corrected chi connectivity index (χ3v) is 7.65. The maximum atomic E-state index is 12.9. The number of sulfone groups is 1. The molecule has 168 valence electrons. The smallest absolute Gasteiger partial charge is 0.381 e. The molecule has 1 unspecified atom stereocenters. The van der Waals surface area contributed by atoms with Gasteiger partial charge in [0.05, 0.1) is 34.4 Å². The molecule has 1 aromatic carbocycles. The van der Waals surface area contributed by atoms with Crippen LogP contribution in [0.3, 0.4) is 0 Å². The average Bonchev–Trinajstić information content (AvgIpc) is 2.75. The Labute approximate surface area is 182 Å². The summed E-state index contributed by atoms with van der Waals surface area (Å²) in [5.74, 6) is -0.760. The lowest BCUT2D eigenvalue weighted by Crippen LogP contribution is -2.30. The van der Waals surface area contributed by atoms with Crippen LogP contribution in [0.15, 0.2) is 52.5 Å². The Kier molecular flexibility index (Phi) is 7.60. The molecule has 11 heteroatoms. The maximum absolute atomic E-state index is 12.9. The van der Waals surface area contributed by atoms with Crippen molar-refractivity contribution in [3.63, 3.8) is 0 Å². The zero-order chi connectivity index (χ0) is 22.5. The number of carbonyl (C=O) groups is 1. The van der Waals surface area contributed by atoms with Crippen molar-refractivity contribution in [1.29, 1.82) is 0 Å². The van der Waals surface area contributed by atoms with Crippen molar-refractivity contribution >= 4 is 33.2 Å². The molecule has 31 heavy (non-hydrogen) atoms. The minimum atomic E-state index is -4.62. The molecule has 1 N–H and O–H groups in total. The second kappa shape index (κ2) is 10.0. The quantitative estimate of drug-likeness (QED) is 0.610. The van der Waals surface area contributed by atoms with Gasteiger partial charge in [-0.05, 0) is 43.2 Å². The normalized spacial score (nSPS) is 17.3. The summed E-state index contributed by atoms with van der Waals surface area (Å²) >= 11 is 1.11. The highest BCUT2D eigenvalue weighted by atomic mass is 32.2. The van der Waals surface area contributed by atoms with Crippen molar-refractivity contribution in [3.8, 4) is 0 Å². The summed E-state index contributed by atoms with van der Waals surface area (Å²) in [6.07, 6.45) is -1.57. The number of benzene rings is 1. The Balaban J connectivity index is 1.63. The number of pyridine rings is 1. The van der Waals surface area contributed by atoms with Crippen molar-refractivity contribution in [2.45, 2.75) is 28.9 Å². The van der Waals surface area contributed by atoms with E-state index < -0.39 is 21.6 Å². The van der Waals surface area contributed by atoms with E-state index in [1.165, 1.54) is 6.20 Å². The van der Waals surface area contributed by atoms with Gasteiger partial charge in [0.2, 0.25) is 5.91 Å². The number of nitrogens with zero attached hydrogens (tertiary/aromatic N) is 1. The first-order valence-electron chi connectivity index (χ1n) is 9.53. The van der Waals surface area contributed by atoms with E-state index in [1.807, 2.05) is 0 Å². The molecule has 1 aromatic heterocycles. The highest BCUT2D eigenvalue weighted by Crippen LogP contribution is 2.31. The fourth-order valence-corrected chi connectivity index (χ4v) is 5.66. The van der Waals surface area contributed by atoms with E-state index in [9.17, 15) is 26.4 Å². The molecule has 1 saturated heterocycles. The van der Waals surface area contributed by atoms with Crippen LogP contribution in [0.5, 0.6) is 0 Å². The highest BCUT2D eigenvalue weighted by Gasteiger charge is 2.31. The molecule has 1 fully saturated rings. The number of rotatable bonds is 7. The van der Waals surface area contributed by atoms with Crippen molar-refractivity contribution in [1.82, 2.24) is 4.98 Å². The Morgan fingerprint density at radius 1 is 1.26 bits per heavy atom. The summed E-state index contributed by atoms with van der Waals surface area (Å²) in [6.45, 7) is 0.988. The zero-order valence-corrected chi connectivity index (χ0v) is 18.0. The van der Waals surface area contributed by atoms with Crippen molar-refractivity contribution in [3.05, 3.63) is 48.2 Å². The van der Waals surface area contributed by atoms with E-state index in [1.54, 1.807) is 12.1 Å². The molecule has 6 nitrogen and oxygen atoms in total. The summed E-state index contributed by atoms with van der Waals surface area (Å²) in [5, 5.41) is 3.24. The Bertz CT molecular complexity index is 1020. The molecular weight excluding hydrogens is 453 g/mol. The van der Waals surface area contributed by atoms with Crippen LogP contribution in [0, 0.1) is 5.92 Å². The second-order valence-corrected chi connectivity index (χ2v) is 10.1. The van der Waals surface area contributed by atoms with Gasteiger partial charge in [-0.2, -0.15) is 13.2 Å². The summed E-state index contributed by atoms with van der Waals surface area (Å²) in [6, 6.07) is 7.00. The van der Waals surface area contributed by atoms with Crippen molar-refractivity contribution < 1.29 is 31.1 Å². The van der Waals surface area contributed by atoms with Crippen molar-refractivity contribution in [2.75, 3.05) is 30.0 Å². The standard InChI is InChI=1S/C20H21F3N2O4S2/c21-20(22,23)15-5-1-6-16(12-15)31(27,28)11-10-30-19-17(7-2-8-24-19)25-18(26)14-4-3-9-29-13-14/h1-2,5-8,12,14H,3-4,9-11,13H2,(H,25,26). The van der Waals surface area contributed by atoms with E-state index in [0.29, 0.717) is 30.0 Å². The second-order valence-electron chi connectivity index (χ2n) is 6.95. The number of carbonyl (C=O) groups excluding carboxylic acids is 1. The number of anilines is 1. The molecule has 3 rings (SSSR count). The summed E-state index contributed by atoms with van der Waals surface area (Å²) in [7, 11) is -3.92.